The summed E-state index contributed by atoms with van der Waals surface area (Å²) in [6.45, 7) is 1.52. The van der Waals surface area contributed by atoms with Crippen LogP contribution < -0.4 is 10.1 Å². The molecule has 0 bridgehead atoms. The lowest BCUT2D eigenvalue weighted by atomic mass is 9.79. The molecule has 2 N–H and O–H groups in total. The van der Waals surface area contributed by atoms with E-state index in [9.17, 15) is 8.42 Å². The number of ether oxygens (including phenoxy) is 1. The van der Waals surface area contributed by atoms with Crippen LogP contribution in [0, 0.1) is 23.2 Å². The average Bonchev–Trinajstić information content (AvgIpc) is 3.46. The number of nitriles is 1. The highest BCUT2D eigenvalue weighted by Crippen LogP contribution is 2.40. The summed E-state index contributed by atoms with van der Waals surface area (Å²) in [5, 5.41) is 23.1. The van der Waals surface area contributed by atoms with E-state index >= 15 is 0 Å². The van der Waals surface area contributed by atoms with Crippen molar-refractivity contribution in [2.75, 3.05) is 18.8 Å². The van der Waals surface area contributed by atoms with Crippen molar-refractivity contribution in [3.8, 4) is 11.8 Å². The highest BCUT2D eigenvalue weighted by molar-refractivity contribution is 7.91. The Morgan fingerprint density at radius 1 is 1.08 bits per heavy atom. The predicted octanol–water partition coefficient (Wildman–Crippen LogP) is 4.47. The molecule has 3 aromatic heterocycles. The first-order valence-electron chi connectivity index (χ1n) is 13.7. The predicted molar refractivity (Wildman–Crippen MR) is 149 cm³/mol. The second-order valence-electron chi connectivity index (χ2n) is 10.8. The van der Waals surface area contributed by atoms with Gasteiger partial charge in [-0.15, -0.1) is 5.10 Å². The van der Waals surface area contributed by atoms with Gasteiger partial charge in [0.05, 0.1) is 29.8 Å². The molecule has 4 aromatic rings. The molecule has 2 atom stereocenters. The van der Waals surface area contributed by atoms with E-state index in [0.717, 1.165) is 67.0 Å². The van der Waals surface area contributed by atoms with Crippen molar-refractivity contribution >= 4 is 31.8 Å². The highest BCUT2D eigenvalue weighted by Gasteiger charge is 2.38. The van der Waals surface area contributed by atoms with Crippen molar-refractivity contribution in [1.29, 1.82) is 5.26 Å². The molecule has 1 aromatic carbocycles. The molecule has 2 unspecified atom stereocenters. The van der Waals surface area contributed by atoms with Crippen LogP contribution in [0.25, 0.3) is 21.9 Å². The van der Waals surface area contributed by atoms with Gasteiger partial charge >= 0.3 is 0 Å². The molecule has 202 valence electrons. The van der Waals surface area contributed by atoms with Crippen molar-refractivity contribution in [3.05, 3.63) is 60.0 Å². The van der Waals surface area contributed by atoms with Gasteiger partial charge in [-0.25, -0.2) is 13.4 Å². The zero-order valence-electron chi connectivity index (χ0n) is 21.7. The number of hydrogen-bond donors (Lipinski definition) is 2. The van der Waals surface area contributed by atoms with Gasteiger partial charge in [-0.1, -0.05) is 0 Å². The molecule has 1 aliphatic heterocycles. The summed E-state index contributed by atoms with van der Waals surface area (Å²) in [6, 6.07) is 10.8. The summed E-state index contributed by atoms with van der Waals surface area (Å²) in [6.07, 6.45) is 10.7. The molecule has 1 aliphatic carbocycles. The summed E-state index contributed by atoms with van der Waals surface area (Å²) < 4.78 is 33.8. The number of pyridine rings is 1. The van der Waals surface area contributed by atoms with Gasteiger partial charge in [0.15, 0.2) is 9.84 Å². The molecular formula is C29H32N6O3S. The molecule has 4 heterocycles. The van der Waals surface area contributed by atoms with Gasteiger partial charge in [0.25, 0.3) is 0 Å². The Hall–Kier alpha value is -3.55. The van der Waals surface area contributed by atoms with Crippen LogP contribution in [-0.4, -0.2) is 52.9 Å². The number of aromatic nitrogens is 4. The number of nitrogens with zero attached hydrogens (tertiary/aromatic N) is 4. The number of aromatic amines is 1. The monoisotopic (exact) mass is 544 g/mol. The van der Waals surface area contributed by atoms with Gasteiger partial charge < -0.3 is 15.0 Å². The van der Waals surface area contributed by atoms with E-state index in [-0.39, 0.29) is 17.6 Å². The van der Waals surface area contributed by atoms with Crippen LogP contribution in [-0.2, 0) is 9.84 Å². The molecule has 0 amide bonds. The molecule has 0 radical (unpaired) electrons. The van der Waals surface area contributed by atoms with Gasteiger partial charge in [-0.2, -0.15) is 10.4 Å². The number of piperidine rings is 1. The number of fused-ring (bicyclic) bond motifs is 3. The zero-order chi connectivity index (χ0) is 26.8. The second kappa shape index (κ2) is 10.9. The Morgan fingerprint density at radius 3 is 2.64 bits per heavy atom. The molecular weight excluding hydrogens is 512 g/mol. The first-order chi connectivity index (χ1) is 19.0. The standard InChI is InChI=1S/C29H32N6O3S/c30-14-19-5-9-23(10-6-19)38-29(22-2-1-12-31-15-22)39(36,37)18-20-3-7-21(8-4-20)25-16-34-35-26-17-33-28-24(27(25)26)11-13-32-28/h5-6,9-11,13,16-17,20-22,29,31H,1-4,7-8,12,15,18H2,(H,32,33). The van der Waals surface area contributed by atoms with Gasteiger partial charge in [-0.05, 0) is 92.8 Å². The summed E-state index contributed by atoms with van der Waals surface area (Å²) >= 11 is 0. The fraction of sp³-hybridized carbons (Fsp3) is 0.448. The minimum Gasteiger partial charge on any atom is -0.474 e. The molecule has 2 fully saturated rings. The Bertz CT molecular complexity index is 1600. The van der Waals surface area contributed by atoms with Gasteiger partial charge in [-0.3, -0.25) is 0 Å². The Labute approximate surface area is 227 Å². The van der Waals surface area contributed by atoms with Crippen molar-refractivity contribution in [2.45, 2.75) is 49.9 Å². The van der Waals surface area contributed by atoms with E-state index < -0.39 is 15.3 Å². The van der Waals surface area contributed by atoms with Crippen molar-refractivity contribution < 1.29 is 13.2 Å². The van der Waals surface area contributed by atoms with Gasteiger partial charge in [0.2, 0.25) is 5.44 Å². The molecule has 9 nitrogen and oxygen atoms in total. The van der Waals surface area contributed by atoms with Crippen LogP contribution in [0.3, 0.4) is 0 Å². The average molecular weight is 545 g/mol. The number of benzene rings is 1. The first-order valence-corrected chi connectivity index (χ1v) is 15.4. The van der Waals surface area contributed by atoms with E-state index in [4.69, 9.17) is 10.00 Å². The van der Waals surface area contributed by atoms with Crippen molar-refractivity contribution in [2.24, 2.45) is 11.8 Å². The minimum absolute atomic E-state index is 0.0878. The van der Waals surface area contributed by atoms with Crippen LogP contribution in [0.5, 0.6) is 5.75 Å². The Morgan fingerprint density at radius 2 is 1.90 bits per heavy atom. The highest BCUT2D eigenvalue weighted by atomic mass is 32.2. The SMILES string of the molecule is N#Cc1ccc(OC(C2CCCNC2)S(=O)(=O)CC2CCC(c3cnnc4cnc5[nH]ccc5c34)CC2)cc1. The summed E-state index contributed by atoms with van der Waals surface area (Å²) in [5.41, 5.74) is 2.40. The molecule has 0 spiro atoms. The zero-order valence-corrected chi connectivity index (χ0v) is 22.5. The maximum atomic E-state index is 13.8. The largest absolute Gasteiger partial charge is 0.474 e. The summed E-state index contributed by atoms with van der Waals surface area (Å²) in [7, 11) is -3.54. The summed E-state index contributed by atoms with van der Waals surface area (Å²) in [5.74, 6) is 0.890. The van der Waals surface area contributed by atoms with Crippen LogP contribution >= 0.6 is 0 Å². The quantitative estimate of drug-likeness (QED) is 0.348. The van der Waals surface area contributed by atoms with Crippen LogP contribution in [0.1, 0.15) is 55.6 Å². The lowest BCUT2D eigenvalue weighted by molar-refractivity contribution is 0.177. The van der Waals surface area contributed by atoms with Gasteiger partial charge in [0, 0.05) is 29.4 Å². The Kier molecular flexibility index (Phi) is 7.19. The third-order valence-corrected chi connectivity index (χ3v) is 10.4. The number of rotatable bonds is 7. The third kappa shape index (κ3) is 5.34. The lowest BCUT2D eigenvalue weighted by Gasteiger charge is -2.33. The molecule has 39 heavy (non-hydrogen) atoms. The van der Waals surface area contributed by atoms with E-state index in [1.165, 1.54) is 5.56 Å². The van der Waals surface area contributed by atoms with E-state index in [2.05, 4.69) is 31.6 Å². The lowest BCUT2D eigenvalue weighted by Crippen LogP contribution is -2.45. The fourth-order valence-corrected chi connectivity index (χ4v) is 8.54. The van der Waals surface area contributed by atoms with Crippen LogP contribution in [0.15, 0.2) is 48.9 Å². The normalized spacial score (nSPS) is 22.9. The van der Waals surface area contributed by atoms with Crippen molar-refractivity contribution in [3.63, 3.8) is 0 Å². The second-order valence-corrected chi connectivity index (χ2v) is 13.0. The number of H-pyrrole nitrogens is 1. The number of hydrogen-bond acceptors (Lipinski definition) is 8. The summed E-state index contributed by atoms with van der Waals surface area (Å²) in [4.78, 5) is 7.62. The first kappa shape index (κ1) is 25.7. The maximum absolute atomic E-state index is 13.8. The maximum Gasteiger partial charge on any atom is 0.203 e. The topological polar surface area (TPSA) is 134 Å². The molecule has 1 saturated carbocycles. The Balaban J connectivity index is 1.18. The van der Waals surface area contributed by atoms with Gasteiger partial charge in [0.1, 0.15) is 16.9 Å². The molecule has 6 rings (SSSR count). The van der Waals surface area contributed by atoms with Crippen LogP contribution in [0.4, 0.5) is 0 Å². The fourth-order valence-electron chi connectivity index (χ4n) is 6.28. The minimum atomic E-state index is -3.54. The van der Waals surface area contributed by atoms with E-state index in [1.54, 1.807) is 30.5 Å². The molecule has 1 saturated heterocycles. The molecule has 2 aliphatic rings. The molecule has 10 heteroatoms. The smallest absolute Gasteiger partial charge is 0.203 e. The number of nitrogens with one attached hydrogen (secondary N) is 2. The third-order valence-electron chi connectivity index (χ3n) is 8.28. The van der Waals surface area contributed by atoms with E-state index in [1.807, 2.05) is 18.5 Å². The van der Waals surface area contributed by atoms with E-state index in [0.29, 0.717) is 23.8 Å². The van der Waals surface area contributed by atoms with Crippen LogP contribution in [0.2, 0.25) is 0 Å². The number of sulfone groups is 1. The van der Waals surface area contributed by atoms with Crippen molar-refractivity contribution in [1.82, 2.24) is 25.5 Å².